The first-order valence-electron chi connectivity index (χ1n) is 10.9. The van der Waals surface area contributed by atoms with Gasteiger partial charge in [-0.2, -0.15) is 4.79 Å². The molecule has 8 heteroatoms. The molecule has 168 valence electrons. The predicted octanol–water partition coefficient (Wildman–Crippen LogP) is 3.82. The fourth-order valence-electron chi connectivity index (χ4n) is 3.65. The molecule has 0 fully saturated rings. The van der Waals surface area contributed by atoms with Gasteiger partial charge in [-0.1, -0.05) is 46.2 Å². The maximum atomic E-state index is 12.9. The van der Waals surface area contributed by atoms with E-state index in [1.165, 1.54) is 10.4 Å². The fourth-order valence-corrected chi connectivity index (χ4v) is 3.65. The second kappa shape index (κ2) is 8.70. The van der Waals surface area contributed by atoms with Gasteiger partial charge in [0, 0.05) is 24.2 Å². The zero-order valence-corrected chi connectivity index (χ0v) is 19.3. The van der Waals surface area contributed by atoms with Gasteiger partial charge < -0.3 is 16.0 Å². The van der Waals surface area contributed by atoms with Gasteiger partial charge in [0.2, 0.25) is 0 Å². The molecule has 1 aliphatic heterocycles. The van der Waals surface area contributed by atoms with Gasteiger partial charge in [-0.05, 0) is 43.4 Å². The van der Waals surface area contributed by atoms with E-state index in [0.29, 0.717) is 24.5 Å². The molecule has 3 amide bonds. The molecule has 1 aliphatic rings. The van der Waals surface area contributed by atoms with Crippen molar-refractivity contribution in [2.24, 2.45) is 0 Å². The summed E-state index contributed by atoms with van der Waals surface area (Å²) in [6, 6.07) is 7.29. The number of amides is 3. The van der Waals surface area contributed by atoms with Crippen LogP contribution < -0.4 is 21.4 Å². The molecule has 2 heterocycles. The number of hydrogen-bond donors (Lipinski definition) is 4. The van der Waals surface area contributed by atoms with Gasteiger partial charge in [-0.3, -0.25) is 4.79 Å². The molecule has 0 saturated carbocycles. The molecular weight excluding hydrogens is 392 g/mol. The first-order valence-corrected chi connectivity index (χ1v) is 10.9. The van der Waals surface area contributed by atoms with Gasteiger partial charge >= 0.3 is 6.03 Å². The highest BCUT2D eigenvalue weighted by atomic mass is 16.2. The monoisotopic (exact) mass is 426 g/mol. The topological polar surface area (TPSA) is 100 Å². The summed E-state index contributed by atoms with van der Waals surface area (Å²) in [5.74, 6) is 0.219. The van der Waals surface area contributed by atoms with Crippen LogP contribution in [-0.2, 0) is 17.5 Å². The van der Waals surface area contributed by atoms with Crippen molar-refractivity contribution in [2.45, 2.75) is 71.9 Å². The third-order valence-corrected chi connectivity index (χ3v) is 5.55. The Morgan fingerprint density at radius 1 is 1.19 bits per heavy atom. The van der Waals surface area contributed by atoms with Gasteiger partial charge in [-0.15, -0.1) is 5.10 Å². The lowest BCUT2D eigenvalue weighted by molar-refractivity contribution is 0.102. The molecular formula is C23H34N6O2. The SMILES string of the molecule is CCCCNC(=O)Nn1nc(NC(=O)c2ccc(C(C)(C)C)cc2)c2c1C(C)(C)NC2. The van der Waals surface area contributed by atoms with Crippen molar-refractivity contribution < 1.29 is 9.59 Å². The first kappa shape index (κ1) is 22.8. The molecule has 31 heavy (non-hydrogen) atoms. The van der Waals surface area contributed by atoms with Crippen LogP contribution in [0.2, 0.25) is 0 Å². The minimum atomic E-state index is -0.392. The normalized spacial score (nSPS) is 14.8. The Labute approximate surface area is 184 Å². The number of anilines is 1. The number of aromatic nitrogens is 2. The van der Waals surface area contributed by atoms with Crippen LogP contribution in [-0.4, -0.2) is 28.4 Å². The standard InChI is InChI=1S/C23H34N6O2/c1-7-8-13-24-21(31)28-29-18-17(14-25-23(18,5)6)19(27-29)26-20(30)15-9-11-16(12-10-15)22(2,3)4/h9-12,25H,7-8,13-14H2,1-6H3,(H2,24,28,31)(H,26,27,30). The smallest absolute Gasteiger partial charge is 0.335 e. The van der Waals surface area contributed by atoms with Crippen molar-refractivity contribution in [1.29, 1.82) is 0 Å². The molecule has 1 aromatic heterocycles. The summed E-state index contributed by atoms with van der Waals surface area (Å²) in [5, 5.41) is 13.6. The molecule has 8 nitrogen and oxygen atoms in total. The zero-order valence-electron chi connectivity index (χ0n) is 19.3. The number of fused-ring (bicyclic) bond motifs is 1. The number of benzene rings is 1. The van der Waals surface area contributed by atoms with E-state index in [1.807, 2.05) is 38.1 Å². The number of carbonyl (C=O) groups excluding carboxylic acids is 2. The maximum absolute atomic E-state index is 12.9. The van der Waals surface area contributed by atoms with Gasteiger partial charge in [0.25, 0.3) is 5.91 Å². The molecule has 3 rings (SSSR count). The van der Waals surface area contributed by atoms with Gasteiger partial charge in [0.1, 0.15) is 0 Å². The number of urea groups is 1. The van der Waals surface area contributed by atoms with Gasteiger partial charge in [0.05, 0.1) is 11.2 Å². The highest BCUT2D eigenvalue weighted by molar-refractivity contribution is 6.04. The predicted molar refractivity (Wildman–Crippen MR) is 123 cm³/mol. The summed E-state index contributed by atoms with van der Waals surface area (Å²) in [4.78, 5) is 26.6. The molecule has 4 N–H and O–H groups in total. The van der Waals surface area contributed by atoms with Crippen LogP contribution in [0.25, 0.3) is 0 Å². The molecule has 0 saturated heterocycles. The van der Waals surface area contributed by atoms with E-state index < -0.39 is 5.54 Å². The van der Waals surface area contributed by atoms with E-state index in [1.54, 1.807) is 0 Å². The van der Waals surface area contributed by atoms with Gasteiger partial charge in [-0.25, -0.2) is 10.2 Å². The van der Waals surface area contributed by atoms with E-state index in [4.69, 9.17) is 0 Å². The summed E-state index contributed by atoms with van der Waals surface area (Å²) in [5.41, 5.74) is 5.84. The van der Waals surface area contributed by atoms with Crippen LogP contribution in [0.5, 0.6) is 0 Å². The Kier molecular flexibility index (Phi) is 6.40. The van der Waals surface area contributed by atoms with Crippen LogP contribution in [0.3, 0.4) is 0 Å². The van der Waals surface area contributed by atoms with Crippen LogP contribution in [0, 0.1) is 0 Å². The quantitative estimate of drug-likeness (QED) is 0.528. The lowest BCUT2D eigenvalue weighted by Gasteiger charge is -2.21. The van der Waals surface area contributed by atoms with Gasteiger partial charge in [0.15, 0.2) is 5.82 Å². The molecule has 1 aromatic carbocycles. The van der Waals surface area contributed by atoms with Crippen molar-refractivity contribution in [2.75, 3.05) is 17.3 Å². The molecule has 0 spiro atoms. The lowest BCUT2D eigenvalue weighted by Crippen LogP contribution is -2.39. The largest absolute Gasteiger partial charge is 0.337 e. The molecule has 0 radical (unpaired) electrons. The van der Waals surface area contributed by atoms with E-state index in [2.05, 4.69) is 54.2 Å². The van der Waals surface area contributed by atoms with Crippen molar-refractivity contribution in [3.63, 3.8) is 0 Å². The third kappa shape index (κ3) is 5.07. The minimum absolute atomic E-state index is 0.0230. The van der Waals surface area contributed by atoms with E-state index >= 15 is 0 Å². The van der Waals surface area contributed by atoms with Crippen molar-refractivity contribution >= 4 is 17.8 Å². The second-order valence-corrected chi connectivity index (χ2v) is 9.57. The molecule has 0 unspecified atom stereocenters. The Bertz CT molecular complexity index is 954. The highest BCUT2D eigenvalue weighted by Crippen LogP contribution is 2.34. The second-order valence-electron chi connectivity index (χ2n) is 9.57. The zero-order chi connectivity index (χ0) is 22.8. The van der Waals surface area contributed by atoms with E-state index in [9.17, 15) is 9.59 Å². The Morgan fingerprint density at radius 2 is 1.87 bits per heavy atom. The minimum Gasteiger partial charge on any atom is -0.337 e. The number of nitrogens with one attached hydrogen (secondary N) is 4. The van der Waals surface area contributed by atoms with E-state index in [0.717, 1.165) is 24.1 Å². The summed E-state index contributed by atoms with van der Waals surface area (Å²) >= 11 is 0. The summed E-state index contributed by atoms with van der Waals surface area (Å²) in [6.45, 7) is 13.7. The van der Waals surface area contributed by atoms with Crippen LogP contribution in [0.15, 0.2) is 24.3 Å². The van der Waals surface area contributed by atoms with E-state index in [-0.39, 0.29) is 17.4 Å². The summed E-state index contributed by atoms with van der Waals surface area (Å²) in [7, 11) is 0. The average Bonchev–Trinajstić information content (AvgIpc) is 3.19. The van der Waals surface area contributed by atoms with Crippen molar-refractivity contribution in [3.8, 4) is 0 Å². The Morgan fingerprint density at radius 3 is 2.48 bits per heavy atom. The Balaban J connectivity index is 1.80. The number of unbranched alkanes of at least 4 members (excludes halogenated alkanes) is 1. The number of carbonyl (C=O) groups is 2. The van der Waals surface area contributed by atoms with Crippen molar-refractivity contribution in [3.05, 3.63) is 46.6 Å². The lowest BCUT2D eigenvalue weighted by atomic mass is 9.87. The number of hydrogen-bond acceptors (Lipinski definition) is 4. The molecule has 0 aliphatic carbocycles. The molecule has 0 bridgehead atoms. The first-order chi connectivity index (χ1) is 14.5. The third-order valence-electron chi connectivity index (χ3n) is 5.55. The van der Waals surface area contributed by atoms with Crippen LogP contribution in [0.1, 0.15) is 81.6 Å². The molecule has 2 aromatic rings. The summed E-state index contributed by atoms with van der Waals surface area (Å²) < 4.78 is 0. The van der Waals surface area contributed by atoms with Crippen LogP contribution in [0.4, 0.5) is 10.6 Å². The highest BCUT2D eigenvalue weighted by Gasteiger charge is 2.37. The van der Waals surface area contributed by atoms with Crippen LogP contribution >= 0.6 is 0 Å². The number of nitrogens with zero attached hydrogens (tertiary/aromatic N) is 2. The maximum Gasteiger partial charge on any atom is 0.335 e. The Hall–Kier alpha value is -2.87. The number of rotatable bonds is 6. The van der Waals surface area contributed by atoms with Crippen molar-refractivity contribution in [1.82, 2.24) is 20.5 Å². The summed E-state index contributed by atoms with van der Waals surface area (Å²) in [6.07, 6.45) is 1.91. The molecule has 0 atom stereocenters. The average molecular weight is 427 g/mol. The fraction of sp³-hybridized carbons (Fsp3) is 0.522.